The molecule has 0 unspecified atom stereocenters. The van der Waals surface area contributed by atoms with Gasteiger partial charge in [-0.3, -0.25) is 9.59 Å². The van der Waals surface area contributed by atoms with Crippen LogP contribution in [0.5, 0.6) is 0 Å². The number of esters is 1. The fraction of sp³-hybridized carbons (Fsp3) is 0.417. The SMILES string of the molecule is CCCN(CC(=O)OC)C(=O)c1ccc(=O)oc1. The van der Waals surface area contributed by atoms with Gasteiger partial charge in [0.15, 0.2) is 0 Å². The number of hydrogen-bond acceptors (Lipinski definition) is 5. The first-order valence-corrected chi connectivity index (χ1v) is 5.53. The maximum atomic E-state index is 12.1. The van der Waals surface area contributed by atoms with Crippen LogP contribution in [-0.4, -0.2) is 37.0 Å². The normalized spacial score (nSPS) is 9.89. The van der Waals surface area contributed by atoms with Gasteiger partial charge in [0, 0.05) is 12.6 Å². The van der Waals surface area contributed by atoms with Gasteiger partial charge < -0.3 is 14.1 Å². The van der Waals surface area contributed by atoms with Gasteiger partial charge >= 0.3 is 11.6 Å². The zero-order chi connectivity index (χ0) is 13.5. The summed E-state index contributed by atoms with van der Waals surface area (Å²) in [6.45, 7) is 2.19. The molecule has 98 valence electrons. The zero-order valence-electron chi connectivity index (χ0n) is 10.3. The topological polar surface area (TPSA) is 76.8 Å². The van der Waals surface area contributed by atoms with Crippen LogP contribution in [0, 0.1) is 0 Å². The Labute approximate surface area is 104 Å². The highest BCUT2D eigenvalue weighted by molar-refractivity contribution is 5.95. The Morgan fingerprint density at radius 1 is 1.39 bits per heavy atom. The quantitative estimate of drug-likeness (QED) is 0.720. The van der Waals surface area contributed by atoms with Crippen molar-refractivity contribution in [2.24, 2.45) is 0 Å². The molecule has 0 aliphatic carbocycles. The van der Waals surface area contributed by atoms with Crippen molar-refractivity contribution in [3.63, 3.8) is 0 Å². The Kier molecular flexibility index (Phi) is 5.10. The minimum Gasteiger partial charge on any atom is -0.468 e. The highest BCUT2D eigenvalue weighted by Gasteiger charge is 2.18. The van der Waals surface area contributed by atoms with Gasteiger partial charge in [0.05, 0.1) is 12.7 Å². The second-order valence-electron chi connectivity index (χ2n) is 3.65. The van der Waals surface area contributed by atoms with Crippen LogP contribution < -0.4 is 5.63 Å². The van der Waals surface area contributed by atoms with E-state index in [4.69, 9.17) is 0 Å². The van der Waals surface area contributed by atoms with Gasteiger partial charge in [-0.2, -0.15) is 0 Å². The smallest absolute Gasteiger partial charge is 0.335 e. The maximum Gasteiger partial charge on any atom is 0.335 e. The molecule has 1 heterocycles. The molecule has 0 bridgehead atoms. The minimum atomic E-state index is -0.526. The van der Waals surface area contributed by atoms with Gasteiger partial charge in [-0.1, -0.05) is 6.92 Å². The average molecular weight is 253 g/mol. The third-order valence-electron chi connectivity index (χ3n) is 2.28. The van der Waals surface area contributed by atoms with E-state index in [0.717, 1.165) is 12.3 Å². The van der Waals surface area contributed by atoms with Crippen molar-refractivity contribution in [1.82, 2.24) is 4.90 Å². The zero-order valence-corrected chi connectivity index (χ0v) is 10.3. The van der Waals surface area contributed by atoms with E-state index in [-0.39, 0.29) is 18.0 Å². The number of hydrogen-bond donors (Lipinski definition) is 0. The molecule has 6 nitrogen and oxygen atoms in total. The lowest BCUT2D eigenvalue weighted by Gasteiger charge is -2.20. The molecule has 0 radical (unpaired) electrons. The van der Waals surface area contributed by atoms with Gasteiger partial charge in [0.2, 0.25) is 0 Å². The molecule has 0 spiro atoms. The molecule has 0 N–H and O–H groups in total. The van der Waals surface area contributed by atoms with Gasteiger partial charge in [-0.05, 0) is 12.5 Å². The molecule has 0 saturated heterocycles. The van der Waals surface area contributed by atoms with E-state index in [9.17, 15) is 14.4 Å². The highest BCUT2D eigenvalue weighted by atomic mass is 16.5. The summed E-state index contributed by atoms with van der Waals surface area (Å²) in [6.07, 6.45) is 1.80. The fourth-order valence-corrected chi connectivity index (χ4v) is 1.40. The highest BCUT2D eigenvalue weighted by Crippen LogP contribution is 2.04. The van der Waals surface area contributed by atoms with Crippen molar-refractivity contribution in [3.05, 3.63) is 34.4 Å². The molecule has 0 aromatic carbocycles. The standard InChI is InChI=1S/C12H15NO5/c1-3-6-13(7-11(15)17-2)12(16)9-4-5-10(14)18-8-9/h4-5,8H,3,6-7H2,1-2H3. The molecule has 0 fully saturated rings. The molecular weight excluding hydrogens is 238 g/mol. The van der Waals surface area contributed by atoms with E-state index in [1.807, 2.05) is 6.92 Å². The Balaban J connectivity index is 2.84. The minimum absolute atomic E-state index is 0.123. The van der Waals surface area contributed by atoms with Crippen molar-refractivity contribution in [2.45, 2.75) is 13.3 Å². The molecule has 0 aliphatic rings. The molecule has 1 amide bonds. The Bertz CT molecular complexity index is 459. The summed E-state index contributed by atoms with van der Waals surface area (Å²) in [7, 11) is 1.26. The number of nitrogens with zero attached hydrogens (tertiary/aromatic N) is 1. The lowest BCUT2D eigenvalue weighted by molar-refractivity contribution is -0.141. The number of ether oxygens (including phenoxy) is 1. The summed E-state index contributed by atoms with van der Waals surface area (Å²) in [6, 6.07) is 2.53. The third kappa shape index (κ3) is 3.73. The van der Waals surface area contributed by atoms with E-state index in [1.165, 1.54) is 18.1 Å². The second-order valence-corrected chi connectivity index (χ2v) is 3.65. The predicted molar refractivity (Wildman–Crippen MR) is 63.2 cm³/mol. The lowest BCUT2D eigenvalue weighted by Crippen LogP contribution is -2.36. The van der Waals surface area contributed by atoms with Gasteiger partial charge in [-0.15, -0.1) is 0 Å². The molecule has 0 atom stereocenters. The van der Waals surface area contributed by atoms with Crippen molar-refractivity contribution < 1.29 is 18.7 Å². The first-order valence-electron chi connectivity index (χ1n) is 5.53. The number of methoxy groups -OCH3 is 1. The van der Waals surface area contributed by atoms with Crippen LogP contribution >= 0.6 is 0 Å². The summed E-state index contributed by atoms with van der Waals surface area (Å²) in [4.78, 5) is 35.4. The Morgan fingerprint density at radius 3 is 2.61 bits per heavy atom. The van der Waals surface area contributed by atoms with Crippen LogP contribution in [0.4, 0.5) is 0 Å². The summed E-state index contributed by atoms with van der Waals surface area (Å²) in [5.41, 5.74) is -0.298. The molecule has 0 aliphatic heterocycles. The first kappa shape index (κ1) is 14.0. The molecule has 0 saturated carbocycles. The monoisotopic (exact) mass is 253 g/mol. The van der Waals surface area contributed by atoms with Gasteiger partial charge in [0.25, 0.3) is 5.91 Å². The summed E-state index contributed by atoms with van der Waals surface area (Å²) in [5.74, 6) is -0.861. The largest absolute Gasteiger partial charge is 0.468 e. The second kappa shape index (κ2) is 6.58. The number of carbonyl (C=O) groups excluding carboxylic acids is 2. The van der Waals surface area contributed by atoms with Gasteiger partial charge in [-0.25, -0.2) is 4.79 Å². The molecule has 6 heteroatoms. The third-order valence-corrected chi connectivity index (χ3v) is 2.28. The van der Waals surface area contributed by atoms with E-state index in [1.54, 1.807) is 0 Å². The maximum absolute atomic E-state index is 12.1. The fourth-order valence-electron chi connectivity index (χ4n) is 1.40. The van der Waals surface area contributed by atoms with Crippen molar-refractivity contribution >= 4 is 11.9 Å². The molecule has 18 heavy (non-hydrogen) atoms. The van der Waals surface area contributed by atoms with Crippen molar-refractivity contribution in [3.8, 4) is 0 Å². The molecule has 1 aromatic rings. The number of carbonyl (C=O) groups is 2. The van der Waals surface area contributed by atoms with Crippen LogP contribution in [-0.2, 0) is 9.53 Å². The predicted octanol–water partition coefficient (Wildman–Crippen LogP) is 0.665. The Hall–Kier alpha value is -2.11. The lowest BCUT2D eigenvalue weighted by atomic mass is 10.2. The van der Waals surface area contributed by atoms with E-state index >= 15 is 0 Å². The molecule has 1 rings (SSSR count). The van der Waals surface area contributed by atoms with Crippen molar-refractivity contribution in [2.75, 3.05) is 20.2 Å². The van der Waals surface area contributed by atoms with E-state index in [2.05, 4.69) is 9.15 Å². The van der Waals surface area contributed by atoms with E-state index in [0.29, 0.717) is 13.0 Å². The summed E-state index contributed by atoms with van der Waals surface area (Å²) < 4.78 is 9.15. The number of amides is 1. The average Bonchev–Trinajstić information content (AvgIpc) is 2.38. The van der Waals surface area contributed by atoms with Crippen LogP contribution in [0.3, 0.4) is 0 Å². The van der Waals surface area contributed by atoms with Crippen molar-refractivity contribution in [1.29, 1.82) is 0 Å². The van der Waals surface area contributed by atoms with Crippen LogP contribution in [0.1, 0.15) is 23.7 Å². The summed E-state index contributed by atoms with van der Waals surface area (Å²) >= 11 is 0. The summed E-state index contributed by atoms with van der Waals surface area (Å²) in [5, 5.41) is 0. The van der Waals surface area contributed by atoms with Crippen LogP contribution in [0.2, 0.25) is 0 Å². The first-order chi connectivity index (χ1) is 8.58. The molecule has 1 aromatic heterocycles. The van der Waals surface area contributed by atoms with E-state index < -0.39 is 11.6 Å². The van der Waals surface area contributed by atoms with Crippen LogP contribution in [0.25, 0.3) is 0 Å². The number of rotatable bonds is 5. The Morgan fingerprint density at radius 2 is 2.11 bits per heavy atom. The molecular formula is C12H15NO5. The van der Waals surface area contributed by atoms with Gasteiger partial charge in [0.1, 0.15) is 12.8 Å². The van der Waals surface area contributed by atoms with Crippen LogP contribution in [0.15, 0.2) is 27.6 Å².